The first kappa shape index (κ1) is 16.5. The molecule has 0 saturated carbocycles. The molecule has 0 aliphatic carbocycles. The third-order valence-electron chi connectivity index (χ3n) is 4.02. The molecule has 0 spiro atoms. The molecule has 21 heavy (non-hydrogen) atoms. The molecule has 1 aromatic rings. The van der Waals surface area contributed by atoms with Gasteiger partial charge in [-0.15, -0.1) is 11.8 Å². The summed E-state index contributed by atoms with van der Waals surface area (Å²) in [5.74, 6) is 2.36. The number of likely N-dealkylation sites (tertiary alicyclic amines) is 1. The summed E-state index contributed by atoms with van der Waals surface area (Å²) in [4.78, 5) is 3.64. The quantitative estimate of drug-likeness (QED) is 0.783. The monoisotopic (exact) mass is 310 g/mol. The topological polar surface area (TPSA) is 33.7 Å². The summed E-state index contributed by atoms with van der Waals surface area (Å²) in [7, 11) is 5.55. The molecule has 1 unspecified atom stereocenters. The van der Waals surface area contributed by atoms with Crippen LogP contribution >= 0.6 is 11.8 Å². The average Bonchev–Trinajstić information content (AvgIpc) is 2.92. The highest BCUT2D eigenvalue weighted by atomic mass is 32.2. The van der Waals surface area contributed by atoms with Gasteiger partial charge in [-0.2, -0.15) is 0 Å². The number of nitrogens with one attached hydrogen (secondary N) is 1. The maximum absolute atomic E-state index is 5.40. The highest BCUT2D eigenvalue weighted by molar-refractivity contribution is 7.98. The van der Waals surface area contributed by atoms with Crippen molar-refractivity contribution in [1.29, 1.82) is 0 Å². The summed E-state index contributed by atoms with van der Waals surface area (Å²) in [6, 6.07) is 4.14. The number of thioether (sulfide) groups is 1. The average molecular weight is 310 g/mol. The standard InChI is InChI=1S/C16H26N2O2S/c1-18-6-5-12(11-18)9-17-10-13-7-14(19-2)15(20-3)8-16(13)21-4/h7-8,12,17H,5-6,9-11H2,1-4H3. The molecule has 0 amide bonds. The molecule has 1 heterocycles. The van der Waals surface area contributed by atoms with E-state index in [-0.39, 0.29) is 0 Å². The van der Waals surface area contributed by atoms with E-state index in [4.69, 9.17) is 9.47 Å². The Hall–Kier alpha value is -0.910. The zero-order chi connectivity index (χ0) is 15.2. The normalized spacial score (nSPS) is 19.0. The highest BCUT2D eigenvalue weighted by Gasteiger charge is 2.19. The van der Waals surface area contributed by atoms with Crippen molar-refractivity contribution in [3.05, 3.63) is 17.7 Å². The van der Waals surface area contributed by atoms with Crippen LogP contribution in [0.4, 0.5) is 0 Å². The zero-order valence-electron chi connectivity index (χ0n) is 13.4. The number of rotatable bonds is 7. The molecular formula is C16H26N2O2S. The molecule has 4 nitrogen and oxygen atoms in total. The Labute approximate surface area is 132 Å². The third-order valence-corrected chi connectivity index (χ3v) is 4.84. The van der Waals surface area contributed by atoms with Gasteiger partial charge < -0.3 is 19.7 Å². The van der Waals surface area contributed by atoms with E-state index in [1.165, 1.54) is 30.0 Å². The van der Waals surface area contributed by atoms with Crippen molar-refractivity contribution in [2.75, 3.05) is 47.2 Å². The van der Waals surface area contributed by atoms with Crippen molar-refractivity contribution < 1.29 is 9.47 Å². The van der Waals surface area contributed by atoms with Crippen LogP contribution in [0.1, 0.15) is 12.0 Å². The van der Waals surface area contributed by atoms with E-state index in [1.807, 2.05) is 0 Å². The number of ether oxygens (including phenoxy) is 2. The predicted octanol–water partition coefficient (Wildman–Crippen LogP) is 2.47. The molecule has 0 bridgehead atoms. The molecule has 118 valence electrons. The van der Waals surface area contributed by atoms with Gasteiger partial charge in [0.05, 0.1) is 14.2 Å². The number of methoxy groups -OCH3 is 2. The fourth-order valence-electron chi connectivity index (χ4n) is 2.83. The summed E-state index contributed by atoms with van der Waals surface area (Å²) in [6.45, 7) is 4.37. The van der Waals surface area contributed by atoms with Gasteiger partial charge in [0.1, 0.15) is 0 Å². The lowest BCUT2D eigenvalue weighted by molar-refractivity contribution is 0.353. The van der Waals surface area contributed by atoms with Crippen LogP contribution in [0.3, 0.4) is 0 Å². The first-order valence-electron chi connectivity index (χ1n) is 7.36. The van der Waals surface area contributed by atoms with E-state index in [0.717, 1.165) is 30.5 Å². The predicted molar refractivity (Wildman–Crippen MR) is 88.6 cm³/mol. The minimum atomic E-state index is 0.771. The largest absolute Gasteiger partial charge is 0.493 e. The SMILES string of the molecule is COc1cc(CNCC2CCN(C)C2)c(SC)cc1OC. The molecular weight excluding hydrogens is 284 g/mol. The van der Waals surface area contributed by atoms with E-state index in [2.05, 4.69) is 35.7 Å². The molecule has 1 saturated heterocycles. The number of hydrogen-bond donors (Lipinski definition) is 1. The van der Waals surface area contributed by atoms with Crippen LogP contribution in [-0.4, -0.2) is 52.1 Å². The molecule has 1 aromatic carbocycles. The van der Waals surface area contributed by atoms with Gasteiger partial charge in [-0.25, -0.2) is 0 Å². The van der Waals surface area contributed by atoms with E-state index >= 15 is 0 Å². The van der Waals surface area contributed by atoms with Gasteiger partial charge in [-0.1, -0.05) is 0 Å². The van der Waals surface area contributed by atoms with Crippen LogP contribution in [-0.2, 0) is 6.54 Å². The Morgan fingerprint density at radius 1 is 1.29 bits per heavy atom. The van der Waals surface area contributed by atoms with Gasteiger partial charge in [-0.3, -0.25) is 0 Å². The number of benzene rings is 1. The van der Waals surface area contributed by atoms with E-state index in [9.17, 15) is 0 Å². The number of nitrogens with zero attached hydrogens (tertiary/aromatic N) is 1. The lowest BCUT2D eigenvalue weighted by Gasteiger charge is -2.16. The van der Waals surface area contributed by atoms with Crippen LogP contribution in [0.2, 0.25) is 0 Å². The second-order valence-electron chi connectivity index (χ2n) is 5.57. The molecule has 0 aromatic heterocycles. The van der Waals surface area contributed by atoms with Gasteiger partial charge in [-0.05, 0) is 56.4 Å². The van der Waals surface area contributed by atoms with Crippen molar-refractivity contribution in [2.24, 2.45) is 5.92 Å². The van der Waals surface area contributed by atoms with Crippen LogP contribution in [0.15, 0.2) is 17.0 Å². The van der Waals surface area contributed by atoms with Gasteiger partial charge in [0, 0.05) is 18.0 Å². The van der Waals surface area contributed by atoms with Crippen molar-refractivity contribution in [2.45, 2.75) is 17.9 Å². The fraction of sp³-hybridized carbons (Fsp3) is 0.625. The zero-order valence-corrected chi connectivity index (χ0v) is 14.3. The Kier molecular flexibility index (Phi) is 6.21. The molecule has 1 aliphatic heterocycles. The Bertz CT molecular complexity index is 468. The summed E-state index contributed by atoms with van der Waals surface area (Å²) in [5.41, 5.74) is 1.27. The smallest absolute Gasteiger partial charge is 0.161 e. The maximum Gasteiger partial charge on any atom is 0.161 e. The van der Waals surface area contributed by atoms with E-state index < -0.39 is 0 Å². The summed E-state index contributed by atoms with van der Waals surface area (Å²) in [6.07, 6.45) is 3.39. The lowest BCUT2D eigenvalue weighted by Crippen LogP contribution is -2.24. The van der Waals surface area contributed by atoms with Gasteiger partial charge in [0.2, 0.25) is 0 Å². The molecule has 1 fully saturated rings. The second-order valence-corrected chi connectivity index (χ2v) is 6.41. The minimum absolute atomic E-state index is 0.771. The molecule has 2 rings (SSSR count). The van der Waals surface area contributed by atoms with Crippen LogP contribution < -0.4 is 14.8 Å². The minimum Gasteiger partial charge on any atom is -0.493 e. The van der Waals surface area contributed by atoms with Gasteiger partial charge in [0.25, 0.3) is 0 Å². The first-order valence-corrected chi connectivity index (χ1v) is 8.58. The number of hydrogen-bond acceptors (Lipinski definition) is 5. The van der Waals surface area contributed by atoms with Crippen LogP contribution in [0, 0.1) is 5.92 Å². The Morgan fingerprint density at radius 2 is 2.00 bits per heavy atom. The van der Waals surface area contributed by atoms with Gasteiger partial charge in [0.15, 0.2) is 11.5 Å². The van der Waals surface area contributed by atoms with Crippen molar-refractivity contribution in [3.8, 4) is 11.5 Å². The lowest BCUT2D eigenvalue weighted by atomic mass is 10.1. The second kappa shape index (κ2) is 7.92. The third kappa shape index (κ3) is 4.28. The van der Waals surface area contributed by atoms with Crippen molar-refractivity contribution >= 4 is 11.8 Å². The molecule has 1 atom stereocenters. The molecule has 5 heteroatoms. The molecule has 0 radical (unpaired) electrons. The Balaban J connectivity index is 1.98. The summed E-state index contributed by atoms with van der Waals surface area (Å²) >= 11 is 1.74. The Morgan fingerprint density at radius 3 is 2.57 bits per heavy atom. The summed E-state index contributed by atoms with van der Waals surface area (Å²) in [5, 5.41) is 3.59. The van der Waals surface area contributed by atoms with E-state index in [1.54, 1.807) is 26.0 Å². The van der Waals surface area contributed by atoms with Crippen molar-refractivity contribution in [1.82, 2.24) is 10.2 Å². The molecule has 1 aliphatic rings. The van der Waals surface area contributed by atoms with E-state index in [0.29, 0.717) is 0 Å². The first-order chi connectivity index (χ1) is 10.2. The fourth-order valence-corrected chi connectivity index (χ4v) is 3.45. The molecule has 1 N–H and O–H groups in total. The van der Waals surface area contributed by atoms with Crippen LogP contribution in [0.25, 0.3) is 0 Å². The van der Waals surface area contributed by atoms with Crippen LogP contribution in [0.5, 0.6) is 11.5 Å². The van der Waals surface area contributed by atoms with Crippen molar-refractivity contribution in [3.63, 3.8) is 0 Å². The van der Waals surface area contributed by atoms with Gasteiger partial charge >= 0.3 is 0 Å². The highest BCUT2D eigenvalue weighted by Crippen LogP contribution is 2.34. The maximum atomic E-state index is 5.40. The summed E-state index contributed by atoms with van der Waals surface area (Å²) < 4.78 is 10.8.